The molecule has 2 fully saturated rings. The average molecular weight is 366 g/mol. The third-order valence-electron chi connectivity index (χ3n) is 4.87. The fourth-order valence-electron chi connectivity index (χ4n) is 3.88. The second kappa shape index (κ2) is 6.48. The van der Waals surface area contributed by atoms with Gasteiger partial charge in [0.2, 0.25) is 0 Å². The Balaban J connectivity index is 1.76. The predicted molar refractivity (Wildman–Crippen MR) is 95.7 cm³/mol. The molecule has 1 heterocycles. The van der Waals surface area contributed by atoms with E-state index < -0.39 is 21.6 Å². The molecule has 2 aliphatic carbocycles. The van der Waals surface area contributed by atoms with E-state index in [1.807, 2.05) is 0 Å². The summed E-state index contributed by atoms with van der Waals surface area (Å²) in [5.74, 6) is 1.35. The van der Waals surface area contributed by atoms with E-state index in [0.717, 1.165) is 12.3 Å². The second-order valence-corrected chi connectivity index (χ2v) is 9.76. The van der Waals surface area contributed by atoms with E-state index in [0.29, 0.717) is 17.6 Å². The highest BCUT2D eigenvalue weighted by Gasteiger charge is 2.40. The maximum Gasteiger partial charge on any atom is 0.329 e. The van der Waals surface area contributed by atoms with Gasteiger partial charge in [-0.15, -0.1) is 0 Å². The van der Waals surface area contributed by atoms with Gasteiger partial charge in [-0.25, -0.2) is 17.9 Å². The van der Waals surface area contributed by atoms with Crippen molar-refractivity contribution in [2.24, 2.45) is 11.8 Å². The van der Waals surface area contributed by atoms with Gasteiger partial charge < -0.3 is 10.6 Å². The smallest absolute Gasteiger partial charge is 0.329 e. The van der Waals surface area contributed by atoms with E-state index in [1.165, 1.54) is 25.5 Å². The first kappa shape index (κ1) is 18.0. The number of carbonyl (C=O) groups excluding carboxylic acids is 1. The molecule has 1 aromatic heterocycles. The summed E-state index contributed by atoms with van der Waals surface area (Å²) < 4.78 is 27.3. The summed E-state index contributed by atoms with van der Waals surface area (Å²) in [6.45, 7) is 5.35. The molecule has 3 N–H and O–H groups in total. The van der Waals surface area contributed by atoms with Crippen LogP contribution in [-0.2, 0) is 10.0 Å². The first-order valence-electron chi connectivity index (χ1n) is 8.69. The van der Waals surface area contributed by atoms with Crippen LogP contribution in [0.1, 0.15) is 46.5 Å². The van der Waals surface area contributed by atoms with Crippen LogP contribution >= 0.6 is 0 Å². The molecule has 0 unspecified atom stereocenters. The highest BCUT2D eigenvalue weighted by Crippen LogP contribution is 2.45. The van der Waals surface area contributed by atoms with Crippen molar-refractivity contribution in [2.75, 3.05) is 5.32 Å². The highest BCUT2D eigenvalue weighted by molar-refractivity contribution is 7.90. The molecule has 2 bridgehead atoms. The number of nitrogens with one attached hydrogen (secondary N) is 3. The van der Waals surface area contributed by atoms with Crippen LogP contribution in [0.3, 0.4) is 0 Å². The zero-order valence-corrected chi connectivity index (χ0v) is 15.7. The standard InChI is InChI=1S/C17H26N4O3S/c1-17(2,3)20-16(22)21-25(23,24)15-10-18-7-6-13(15)19-14-9-11-4-5-12(14)8-11/h6-7,10-12,14H,4-5,8-9H2,1-3H3,(H,18,19)(H2,20,21,22)/t11-,12+,14-/m0/s1. The Bertz CT molecular complexity index is 757. The van der Waals surface area contributed by atoms with Crippen molar-refractivity contribution >= 4 is 21.7 Å². The monoisotopic (exact) mass is 366 g/mol. The minimum Gasteiger partial charge on any atom is -0.381 e. The number of pyridine rings is 1. The normalized spacial score (nSPS) is 25.6. The van der Waals surface area contributed by atoms with Gasteiger partial charge in [0.1, 0.15) is 4.90 Å². The van der Waals surface area contributed by atoms with Gasteiger partial charge in [-0.3, -0.25) is 4.98 Å². The van der Waals surface area contributed by atoms with E-state index in [9.17, 15) is 13.2 Å². The third-order valence-corrected chi connectivity index (χ3v) is 6.23. The predicted octanol–water partition coefficient (Wildman–Crippen LogP) is 2.47. The minimum atomic E-state index is -4.00. The van der Waals surface area contributed by atoms with Gasteiger partial charge in [0.25, 0.3) is 10.0 Å². The number of hydrogen-bond acceptors (Lipinski definition) is 5. The number of anilines is 1. The first-order valence-corrected chi connectivity index (χ1v) is 10.2. The van der Waals surface area contributed by atoms with Gasteiger partial charge >= 0.3 is 6.03 Å². The Morgan fingerprint density at radius 1 is 1.24 bits per heavy atom. The summed E-state index contributed by atoms with van der Waals surface area (Å²) in [4.78, 5) is 15.9. The number of nitrogens with zero attached hydrogens (tertiary/aromatic N) is 1. The van der Waals surface area contributed by atoms with E-state index in [1.54, 1.807) is 33.0 Å². The Hall–Kier alpha value is -1.83. The molecule has 3 rings (SSSR count). The van der Waals surface area contributed by atoms with Gasteiger partial charge in [-0.05, 0) is 57.9 Å². The van der Waals surface area contributed by atoms with Crippen LogP contribution < -0.4 is 15.4 Å². The van der Waals surface area contributed by atoms with E-state index >= 15 is 0 Å². The van der Waals surface area contributed by atoms with E-state index in [2.05, 4.69) is 20.3 Å². The highest BCUT2D eigenvalue weighted by atomic mass is 32.2. The molecule has 25 heavy (non-hydrogen) atoms. The topological polar surface area (TPSA) is 100 Å². The number of aromatic nitrogens is 1. The molecule has 0 aromatic carbocycles. The third kappa shape index (κ3) is 4.23. The molecular formula is C17H26N4O3S. The van der Waals surface area contributed by atoms with Crippen LogP contribution in [0.2, 0.25) is 0 Å². The number of carbonyl (C=O) groups is 1. The molecule has 138 valence electrons. The summed E-state index contributed by atoms with van der Waals surface area (Å²) in [7, 11) is -4.00. The minimum absolute atomic E-state index is 0.00170. The van der Waals surface area contributed by atoms with Crippen molar-refractivity contribution in [3.05, 3.63) is 18.5 Å². The molecule has 7 nitrogen and oxygen atoms in total. The number of rotatable bonds is 4. The van der Waals surface area contributed by atoms with Crippen molar-refractivity contribution in [1.29, 1.82) is 0 Å². The summed E-state index contributed by atoms with van der Waals surface area (Å²) in [6.07, 6.45) is 7.61. The van der Waals surface area contributed by atoms with Gasteiger partial charge in [0.15, 0.2) is 0 Å². The van der Waals surface area contributed by atoms with Crippen molar-refractivity contribution < 1.29 is 13.2 Å². The van der Waals surface area contributed by atoms with Crippen LogP contribution in [0, 0.1) is 11.8 Å². The molecule has 1 aromatic rings. The lowest BCUT2D eigenvalue weighted by Gasteiger charge is -2.25. The van der Waals surface area contributed by atoms with Crippen LogP contribution in [-0.4, -0.2) is 31.0 Å². The molecule has 0 saturated heterocycles. The fraction of sp³-hybridized carbons (Fsp3) is 0.647. The molecule has 2 aliphatic rings. The Morgan fingerprint density at radius 2 is 2.00 bits per heavy atom. The number of fused-ring (bicyclic) bond motifs is 2. The quantitative estimate of drug-likeness (QED) is 0.760. The van der Waals surface area contributed by atoms with Crippen LogP contribution in [0.5, 0.6) is 0 Å². The van der Waals surface area contributed by atoms with E-state index in [-0.39, 0.29) is 4.90 Å². The SMILES string of the molecule is CC(C)(C)NC(=O)NS(=O)(=O)c1cnccc1N[C@H]1C[C@H]2CC[C@@H]1C2. The molecule has 0 radical (unpaired) electrons. The van der Waals surface area contributed by atoms with Crippen molar-refractivity contribution in [3.8, 4) is 0 Å². The molecule has 0 aliphatic heterocycles. The summed E-state index contributed by atoms with van der Waals surface area (Å²) in [5.41, 5.74) is -0.0257. The first-order chi connectivity index (χ1) is 11.6. The van der Waals surface area contributed by atoms with Gasteiger partial charge in [-0.2, -0.15) is 0 Å². The lowest BCUT2D eigenvalue weighted by molar-refractivity contribution is 0.237. The number of hydrogen-bond donors (Lipinski definition) is 3. The molecule has 8 heteroatoms. The molecule has 2 amide bonds. The van der Waals surface area contributed by atoms with Crippen LogP contribution in [0.25, 0.3) is 0 Å². The number of amides is 2. The number of urea groups is 1. The lowest BCUT2D eigenvalue weighted by atomic mass is 9.95. The maximum absolute atomic E-state index is 12.6. The zero-order chi connectivity index (χ0) is 18.2. The fourth-order valence-corrected chi connectivity index (χ4v) is 4.90. The van der Waals surface area contributed by atoms with Gasteiger partial charge in [0.05, 0.1) is 5.69 Å². The molecule has 3 atom stereocenters. The van der Waals surface area contributed by atoms with Crippen LogP contribution in [0.4, 0.5) is 10.5 Å². The van der Waals surface area contributed by atoms with Gasteiger partial charge in [-0.1, -0.05) is 6.42 Å². The molecule has 0 spiro atoms. The molecular weight excluding hydrogens is 340 g/mol. The Morgan fingerprint density at radius 3 is 2.60 bits per heavy atom. The second-order valence-electron chi connectivity index (χ2n) is 8.11. The van der Waals surface area contributed by atoms with E-state index in [4.69, 9.17) is 0 Å². The van der Waals surface area contributed by atoms with Crippen molar-refractivity contribution in [1.82, 2.24) is 15.0 Å². The number of sulfonamides is 1. The van der Waals surface area contributed by atoms with Crippen molar-refractivity contribution in [3.63, 3.8) is 0 Å². The lowest BCUT2D eigenvalue weighted by Crippen LogP contribution is -2.48. The maximum atomic E-state index is 12.6. The Kier molecular flexibility index (Phi) is 4.66. The Labute approximate surface area is 149 Å². The van der Waals surface area contributed by atoms with Crippen LogP contribution in [0.15, 0.2) is 23.4 Å². The summed E-state index contributed by atoms with van der Waals surface area (Å²) in [5, 5.41) is 5.97. The molecule has 2 saturated carbocycles. The average Bonchev–Trinajstić information content (AvgIpc) is 3.07. The van der Waals surface area contributed by atoms with Crippen molar-refractivity contribution in [2.45, 2.75) is 62.9 Å². The van der Waals surface area contributed by atoms with Gasteiger partial charge in [0, 0.05) is 24.0 Å². The zero-order valence-electron chi connectivity index (χ0n) is 14.9. The summed E-state index contributed by atoms with van der Waals surface area (Å²) >= 11 is 0. The largest absolute Gasteiger partial charge is 0.381 e. The summed E-state index contributed by atoms with van der Waals surface area (Å²) in [6, 6.07) is 1.20.